The van der Waals surface area contributed by atoms with Gasteiger partial charge in [-0.25, -0.2) is 19.3 Å². The van der Waals surface area contributed by atoms with E-state index < -0.39 is 18.0 Å². The van der Waals surface area contributed by atoms with Crippen molar-refractivity contribution in [3.05, 3.63) is 42.1 Å². The quantitative estimate of drug-likeness (QED) is 0.455. The normalized spacial score (nSPS) is 15.1. The van der Waals surface area contributed by atoms with E-state index >= 15 is 0 Å². The number of rotatable bonds is 5. The van der Waals surface area contributed by atoms with Gasteiger partial charge in [0.1, 0.15) is 11.8 Å². The summed E-state index contributed by atoms with van der Waals surface area (Å²) in [4.78, 5) is 37.8. The highest BCUT2D eigenvalue weighted by Crippen LogP contribution is 2.25. The van der Waals surface area contributed by atoms with Gasteiger partial charge < -0.3 is 14.2 Å². The molecule has 1 saturated carbocycles. The van der Waals surface area contributed by atoms with Crippen molar-refractivity contribution in [2.45, 2.75) is 38.2 Å². The molecule has 0 aliphatic heterocycles. The lowest BCUT2D eigenvalue weighted by molar-refractivity contribution is -0.138. The van der Waals surface area contributed by atoms with Gasteiger partial charge in [0.15, 0.2) is 0 Å². The van der Waals surface area contributed by atoms with Gasteiger partial charge in [-0.1, -0.05) is 24.6 Å². The zero-order valence-corrected chi connectivity index (χ0v) is 15.0. The Bertz CT molecular complexity index is 664. The number of hydrogen-bond acceptors (Lipinski definition) is 6. The first kappa shape index (κ1) is 19.5. The van der Waals surface area contributed by atoms with Crippen LogP contribution in [-0.4, -0.2) is 38.4 Å². The van der Waals surface area contributed by atoms with Crippen LogP contribution < -0.4 is 4.90 Å². The third kappa shape index (κ3) is 5.08. The third-order valence-electron chi connectivity index (χ3n) is 4.11. The summed E-state index contributed by atoms with van der Waals surface area (Å²) in [6.07, 6.45) is 4.64. The fraction of sp³-hybridized carbons (Fsp3) is 0.421. The molecule has 0 spiro atoms. The molecule has 0 heterocycles. The second-order valence-electron chi connectivity index (χ2n) is 5.86. The SMILES string of the molecule is COC(=O)/C=C(\C(=O)OC)N(C(=O)OC1CCCCC1)c1ccccc1. The van der Waals surface area contributed by atoms with Crippen molar-refractivity contribution in [2.24, 2.45) is 0 Å². The Labute approximate surface area is 152 Å². The number of amides is 1. The molecule has 1 amide bonds. The second kappa shape index (κ2) is 9.60. The Balaban J connectivity index is 2.38. The smallest absolute Gasteiger partial charge is 0.419 e. The number of carbonyl (C=O) groups excluding carboxylic acids is 3. The Morgan fingerprint density at radius 1 is 1.00 bits per heavy atom. The number of ether oxygens (including phenoxy) is 3. The minimum atomic E-state index is -0.847. The number of anilines is 1. The van der Waals surface area contributed by atoms with E-state index in [1.165, 1.54) is 14.2 Å². The summed E-state index contributed by atoms with van der Waals surface area (Å²) in [6, 6.07) is 8.47. The highest BCUT2D eigenvalue weighted by atomic mass is 16.6. The number of hydrogen-bond donors (Lipinski definition) is 0. The van der Waals surface area contributed by atoms with E-state index in [1.54, 1.807) is 30.3 Å². The van der Waals surface area contributed by atoms with Crippen LogP contribution in [0.5, 0.6) is 0 Å². The van der Waals surface area contributed by atoms with Crippen LogP contribution in [0.1, 0.15) is 32.1 Å². The number of methoxy groups -OCH3 is 2. The van der Waals surface area contributed by atoms with Gasteiger partial charge in [0.2, 0.25) is 0 Å². The van der Waals surface area contributed by atoms with Gasteiger partial charge in [-0.3, -0.25) is 0 Å². The summed E-state index contributed by atoms with van der Waals surface area (Å²) in [6.45, 7) is 0. The van der Waals surface area contributed by atoms with Crippen LogP contribution in [0.2, 0.25) is 0 Å². The maximum atomic E-state index is 12.8. The van der Waals surface area contributed by atoms with Crippen LogP contribution >= 0.6 is 0 Å². The Morgan fingerprint density at radius 3 is 2.23 bits per heavy atom. The van der Waals surface area contributed by atoms with E-state index in [4.69, 9.17) is 9.47 Å². The van der Waals surface area contributed by atoms with Crippen molar-refractivity contribution < 1.29 is 28.6 Å². The third-order valence-corrected chi connectivity index (χ3v) is 4.11. The molecule has 0 aromatic heterocycles. The van der Waals surface area contributed by atoms with Crippen molar-refractivity contribution in [2.75, 3.05) is 19.1 Å². The Morgan fingerprint density at radius 2 is 1.65 bits per heavy atom. The molecule has 1 aromatic carbocycles. The first-order valence-electron chi connectivity index (χ1n) is 8.50. The first-order chi connectivity index (χ1) is 12.6. The average molecular weight is 361 g/mol. The predicted octanol–water partition coefficient (Wildman–Crippen LogP) is 3.19. The number of para-hydroxylation sites is 1. The largest absolute Gasteiger partial charge is 0.466 e. The van der Waals surface area contributed by atoms with Crippen LogP contribution in [0.25, 0.3) is 0 Å². The van der Waals surface area contributed by atoms with Gasteiger partial charge in [-0.2, -0.15) is 0 Å². The van der Waals surface area contributed by atoms with Crippen LogP contribution in [0.15, 0.2) is 42.1 Å². The van der Waals surface area contributed by atoms with Gasteiger partial charge in [-0.15, -0.1) is 0 Å². The van der Waals surface area contributed by atoms with Crippen molar-refractivity contribution in [3.63, 3.8) is 0 Å². The van der Waals surface area contributed by atoms with Crippen molar-refractivity contribution in [3.8, 4) is 0 Å². The molecule has 7 heteroatoms. The standard InChI is InChI=1S/C19H23NO6/c1-24-17(21)13-16(18(22)25-2)20(14-9-5-3-6-10-14)19(23)26-15-11-7-4-8-12-15/h3,5-6,9-10,13,15H,4,7-8,11-12H2,1-2H3/b16-13+. The van der Waals surface area contributed by atoms with E-state index in [9.17, 15) is 14.4 Å². The fourth-order valence-corrected chi connectivity index (χ4v) is 2.79. The van der Waals surface area contributed by atoms with E-state index in [-0.39, 0.29) is 11.8 Å². The van der Waals surface area contributed by atoms with Crippen molar-refractivity contribution in [1.82, 2.24) is 0 Å². The van der Waals surface area contributed by atoms with Gasteiger partial charge >= 0.3 is 18.0 Å². The van der Waals surface area contributed by atoms with Crippen LogP contribution in [0.3, 0.4) is 0 Å². The molecule has 140 valence electrons. The highest BCUT2D eigenvalue weighted by Gasteiger charge is 2.30. The summed E-state index contributed by atoms with van der Waals surface area (Å²) < 4.78 is 14.9. The maximum Gasteiger partial charge on any atom is 0.419 e. The summed E-state index contributed by atoms with van der Waals surface area (Å²) >= 11 is 0. The molecule has 1 aromatic rings. The molecule has 0 unspecified atom stereocenters. The topological polar surface area (TPSA) is 82.1 Å². The summed E-state index contributed by atoms with van der Waals surface area (Å²) in [5.74, 6) is -1.63. The lowest BCUT2D eigenvalue weighted by Gasteiger charge is -2.28. The zero-order chi connectivity index (χ0) is 18.9. The molecule has 0 radical (unpaired) electrons. The molecule has 0 atom stereocenters. The highest BCUT2D eigenvalue weighted by molar-refractivity contribution is 6.07. The number of carbonyl (C=O) groups is 3. The molecule has 1 aliphatic rings. The molecule has 0 saturated heterocycles. The van der Waals surface area contributed by atoms with Crippen LogP contribution in [0.4, 0.5) is 10.5 Å². The molecule has 0 N–H and O–H groups in total. The average Bonchev–Trinajstić information content (AvgIpc) is 2.68. The minimum absolute atomic E-state index is 0.209. The minimum Gasteiger partial charge on any atom is -0.466 e. The lowest BCUT2D eigenvalue weighted by atomic mass is 9.98. The van der Waals surface area contributed by atoms with E-state index in [1.807, 2.05) is 0 Å². The fourth-order valence-electron chi connectivity index (χ4n) is 2.79. The number of esters is 2. The Kier molecular flexibility index (Phi) is 7.20. The number of benzene rings is 1. The second-order valence-corrected chi connectivity index (χ2v) is 5.86. The molecule has 0 bridgehead atoms. The summed E-state index contributed by atoms with van der Waals surface area (Å²) in [5, 5.41) is 0. The Hall–Kier alpha value is -2.83. The molecular formula is C19H23NO6. The summed E-state index contributed by atoms with van der Waals surface area (Å²) in [7, 11) is 2.35. The van der Waals surface area contributed by atoms with E-state index in [0.717, 1.165) is 43.1 Å². The van der Waals surface area contributed by atoms with Gasteiger partial charge in [0.25, 0.3) is 0 Å². The number of nitrogens with zero attached hydrogens (tertiary/aromatic N) is 1. The van der Waals surface area contributed by atoms with Crippen LogP contribution in [0, 0.1) is 0 Å². The molecule has 7 nitrogen and oxygen atoms in total. The van der Waals surface area contributed by atoms with Crippen molar-refractivity contribution >= 4 is 23.7 Å². The molecule has 26 heavy (non-hydrogen) atoms. The molecule has 1 aliphatic carbocycles. The first-order valence-corrected chi connectivity index (χ1v) is 8.50. The van der Waals surface area contributed by atoms with E-state index in [0.29, 0.717) is 5.69 Å². The van der Waals surface area contributed by atoms with E-state index in [2.05, 4.69) is 4.74 Å². The van der Waals surface area contributed by atoms with Gasteiger partial charge in [0.05, 0.1) is 26.0 Å². The van der Waals surface area contributed by atoms with Gasteiger partial charge in [-0.05, 0) is 37.8 Å². The maximum absolute atomic E-state index is 12.8. The summed E-state index contributed by atoms with van der Waals surface area (Å²) in [5.41, 5.74) is 0.111. The van der Waals surface area contributed by atoms with Crippen molar-refractivity contribution in [1.29, 1.82) is 0 Å². The zero-order valence-electron chi connectivity index (χ0n) is 15.0. The van der Waals surface area contributed by atoms with Gasteiger partial charge in [0, 0.05) is 0 Å². The lowest BCUT2D eigenvalue weighted by Crippen LogP contribution is -2.38. The molecule has 2 rings (SSSR count). The molecule has 1 fully saturated rings. The van der Waals surface area contributed by atoms with Crippen LogP contribution in [-0.2, 0) is 23.8 Å². The monoisotopic (exact) mass is 361 g/mol. The molecular weight excluding hydrogens is 338 g/mol. The predicted molar refractivity (Wildman–Crippen MR) is 94.4 cm³/mol.